The summed E-state index contributed by atoms with van der Waals surface area (Å²) in [5.41, 5.74) is 0.702. The normalized spacial score (nSPS) is 23.7. The molecule has 19 heavy (non-hydrogen) atoms. The zero-order valence-corrected chi connectivity index (χ0v) is 12.6. The lowest BCUT2D eigenvalue weighted by molar-refractivity contribution is 0.0662. The van der Waals surface area contributed by atoms with Crippen molar-refractivity contribution in [2.75, 3.05) is 13.1 Å². The highest BCUT2D eigenvalue weighted by molar-refractivity contribution is 6.31. The summed E-state index contributed by atoms with van der Waals surface area (Å²) in [6.45, 7) is 8.63. The van der Waals surface area contributed by atoms with E-state index in [1.807, 2.05) is 15.7 Å². The lowest BCUT2D eigenvalue weighted by Crippen LogP contribution is -2.56. The summed E-state index contributed by atoms with van der Waals surface area (Å²) in [6.07, 6.45) is 2.83. The lowest BCUT2D eigenvalue weighted by Gasteiger charge is -2.36. The minimum Gasteiger partial charge on any atom is -0.342 e. The van der Waals surface area contributed by atoms with Crippen molar-refractivity contribution in [1.29, 1.82) is 0 Å². The second-order valence-corrected chi connectivity index (χ2v) is 5.85. The standard InChI is InChI=1S/C14H22ClN3O/c1-4-5-17-9-12(15)6-13(17)14(19)18-7-10(2)16-11(3)8-18/h6,9-11,16H,4-5,7-8H2,1-3H3. The molecule has 1 amide bonds. The number of carbonyl (C=O) groups is 1. The molecule has 1 aliphatic rings. The molecule has 0 aromatic carbocycles. The number of rotatable bonds is 3. The third-order valence-corrected chi connectivity index (χ3v) is 3.60. The molecule has 1 fully saturated rings. The number of carbonyl (C=O) groups excluding carboxylic acids is 1. The monoisotopic (exact) mass is 283 g/mol. The van der Waals surface area contributed by atoms with Crippen molar-refractivity contribution in [3.63, 3.8) is 0 Å². The van der Waals surface area contributed by atoms with Crippen LogP contribution in [0.3, 0.4) is 0 Å². The van der Waals surface area contributed by atoms with Crippen LogP contribution in [-0.4, -0.2) is 40.5 Å². The first-order valence-electron chi connectivity index (χ1n) is 6.92. The Bertz CT molecular complexity index is 448. The molecular formula is C14H22ClN3O. The van der Waals surface area contributed by atoms with Crippen molar-refractivity contribution in [1.82, 2.24) is 14.8 Å². The maximum Gasteiger partial charge on any atom is 0.270 e. The first-order chi connectivity index (χ1) is 9.01. The minimum absolute atomic E-state index is 0.0838. The Morgan fingerprint density at radius 1 is 1.42 bits per heavy atom. The molecule has 2 heterocycles. The number of hydrogen-bond acceptors (Lipinski definition) is 2. The number of nitrogens with zero attached hydrogens (tertiary/aromatic N) is 2. The van der Waals surface area contributed by atoms with Gasteiger partial charge in [0.2, 0.25) is 0 Å². The van der Waals surface area contributed by atoms with Gasteiger partial charge in [0.25, 0.3) is 5.91 Å². The molecule has 4 nitrogen and oxygen atoms in total. The first kappa shape index (κ1) is 14.4. The van der Waals surface area contributed by atoms with Gasteiger partial charge in [0.15, 0.2) is 0 Å². The fourth-order valence-electron chi connectivity index (χ4n) is 2.73. The van der Waals surface area contributed by atoms with Gasteiger partial charge in [-0.05, 0) is 26.3 Å². The van der Waals surface area contributed by atoms with E-state index in [2.05, 4.69) is 26.1 Å². The van der Waals surface area contributed by atoms with Gasteiger partial charge < -0.3 is 14.8 Å². The topological polar surface area (TPSA) is 37.3 Å². The quantitative estimate of drug-likeness (QED) is 0.925. The van der Waals surface area contributed by atoms with E-state index in [1.54, 1.807) is 6.07 Å². The minimum atomic E-state index is 0.0838. The lowest BCUT2D eigenvalue weighted by atomic mass is 10.1. The van der Waals surface area contributed by atoms with E-state index < -0.39 is 0 Å². The van der Waals surface area contributed by atoms with Gasteiger partial charge in [-0.3, -0.25) is 4.79 Å². The maximum atomic E-state index is 12.6. The number of halogens is 1. The van der Waals surface area contributed by atoms with E-state index >= 15 is 0 Å². The summed E-state index contributed by atoms with van der Waals surface area (Å²) in [5, 5.41) is 4.07. The van der Waals surface area contributed by atoms with Gasteiger partial charge >= 0.3 is 0 Å². The van der Waals surface area contributed by atoms with Crippen LogP contribution in [0, 0.1) is 0 Å². The zero-order valence-electron chi connectivity index (χ0n) is 11.8. The predicted molar refractivity (Wildman–Crippen MR) is 77.7 cm³/mol. The molecular weight excluding hydrogens is 262 g/mol. The highest BCUT2D eigenvalue weighted by Crippen LogP contribution is 2.18. The highest BCUT2D eigenvalue weighted by atomic mass is 35.5. The number of hydrogen-bond donors (Lipinski definition) is 1. The van der Waals surface area contributed by atoms with Gasteiger partial charge in [0.05, 0.1) is 5.02 Å². The zero-order chi connectivity index (χ0) is 14.0. The van der Waals surface area contributed by atoms with Crippen molar-refractivity contribution in [3.8, 4) is 0 Å². The summed E-state index contributed by atoms with van der Waals surface area (Å²) >= 11 is 6.04. The Kier molecular flexibility index (Phi) is 4.53. The van der Waals surface area contributed by atoms with Crippen LogP contribution in [0.5, 0.6) is 0 Å². The van der Waals surface area contributed by atoms with Gasteiger partial charge in [-0.15, -0.1) is 0 Å². The Morgan fingerprint density at radius 2 is 2.05 bits per heavy atom. The van der Waals surface area contributed by atoms with Gasteiger partial charge in [0, 0.05) is 37.9 Å². The molecule has 5 heteroatoms. The summed E-state index contributed by atoms with van der Waals surface area (Å²) in [7, 11) is 0. The maximum absolute atomic E-state index is 12.6. The van der Waals surface area contributed by atoms with Crippen LogP contribution < -0.4 is 5.32 Å². The fourth-order valence-corrected chi connectivity index (χ4v) is 2.96. The van der Waals surface area contributed by atoms with E-state index in [0.717, 1.165) is 26.1 Å². The molecule has 2 unspecified atom stereocenters. The van der Waals surface area contributed by atoms with Gasteiger partial charge in [-0.25, -0.2) is 0 Å². The second kappa shape index (κ2) is 5.97. The van der Waals surface area contributed by atoms with Crippen LogP contribution in [-0.2, 0) is 6.54 Å². The number of aryl methyl sites for hydroxylation is 1. The third-order valence-electron chi connectivity index (χ3n) is 3.39. The molecule has 0 bridgehead atoms. The second-order valence-electron chi connectivity index (χ2n) is 5.42. The highest BCUT2D eigenvalue weighted by Gasteiger charge is 2.27. The van der Waals surface area contributed by atoms with E-state index in [9.17, 15) is 4.79 Å². The molecule has 0 saturated carbocycles. The number of nitrogens with one attached hydrogen (secondary N) is 1. The molecule has 106 valence electrons. The Hall–Kier alpha value is -1.00. The average molecular weight is 284 g/mol. The van der Waals surface area contributed by atoms with Crippen molar-refractivity contribution < 1.29 is 4.79 Å². The molecule has 2 rings (SSSR count). The summed E-state index contributed by atoms with van der Waals surface area (Å²) in [4.78, 5) is 14.5. The van der Waals surface area contributed by atoms with Crippen LogP contribution in [0.2, 0.25) is 5.02 Å². The summed E-state index contributed by atoms with van der Waals surface area (Å²) in [6, 6.07) is 2.44. The molecule has 1 saturated heterocycles. The number of piperazine rings is 1. The summed E-state index contributed by atoms with van der Waals surface area (Å²) < 4.78 is 1.96. The Balaban J connectivity index is 2.18. The molecule has 0 aliphatic carbocycles. The Morgan fingerprint density at radius 3 is 2.63 bits per heavy atom. The van der Waals surface area contributed by atoms with Crippen molar-refractivity contribution in [3.05, 3.63) is 23.0 Å². The van der Waals surface area contributed by atoms with Gasteiger partial charge in [-0.1, -0.05) is 18.5 Å². The molecule has 1 aromatic rings. The number of aromatic nitrogens is 1. The molecule has 1 aromatic heterocycles. The van der Waals surface area contributed by atoms with Crippen molar-refractivity contribution in [2.24, 2.45) is 0 Å². The number of amides is 1. The Labute approximate surface area is 119 Å². The predicted octanol–water partition coefficient (Wildman–Crippen LogP) is 2.37. The SMILES string of the molecule is CCCn1cc(Cl)cc1C(=O)N1CC(C)NC(C)C1. The van der Waals surface area contributed by atoms with Crippen LogP contribution in [0.1, 0.15) is 37.7 Å². The van der Waals surface area contributed by atoms with Crippen molar-refractivity contribution >= 4 is 17.5 Å². The smallest absolute Gasteiger partial charge is 0.270 e. The molecule has 0 radical (unpaired) electrons. The van der Waals surface area contributed by atoms with E-state index in [-0.39, 0.29) is 5.91 Å². The molecule has 1 aliphatic heterocycles. The first-order valence-corrected chi connectivity index (χ1v) is 7.30. The van der Waals surface area contributed by atoms with Crippen LogP contribution >= 0.6 is 11.6 Å². The van der Waals surface area contributed by atoms with Crippen LogP contribution in [0.4, 0.5) is 0 Å². The average Bonchev–Trinajstić information content (AvgIpc) is 2.68. The van der Waals surface area contributed by atoms with Crippen LogP contribution in [0.15, 0.2) is 12.3 Å². The van der Waals surface area contributed by atoms with Gasteiger partial charge in [-0.2, -0.15) is 0 Å². The van der Waals surface area contributed by atoms with E-state index in [0.29, 0.717) is 22.8 Å². The molecule has 1 N–H and O–H groups in total. The molecule has 0 spiro atoms. The van der Waals surface area contributed by atoms with Crippen LogP contribution in [0.25, 0.3) is 0 Å². The van der Waals surface area contributed by atoms with E-state index in [1.165, 1.54) is 0 Å². The van der Waals surface area contributed by atoms with Gasteiger partial charge in [0.1, 0.15) is 5.69 Å². The largest absolute Gasteiger partial charge is 0.342 e. The summed E-state index contributed by atoms with van der Waals surface area (Å²) in [5.74, 6) is 0.0838. The van der Waals surface area contributed by atoms with Crippen molar-refractivity contribution in [2.45, 2.75) is 45.8 Å². The third kappa shape index (κ3) is 3.31. The fraction of sp³-hybridized carbons (Fsp3) is 0.643. The molecule has 2 atom stereocenters. The van der Waals surface area contributed by atoms with E-state index in [4.69, 9.17) is 11.6 Å².